The zero-order valence-electron chi connectivity index (χ0n) is 19.3. The summed E-state index contributed by atoms with van der Waals surface area (Å²) in [6.45, 7) is 1.36. The normalized spacial score (nSPS) is 11.0. The molecule has 3 rings (SSSR count). The fraction of sp³-hybridized carbons (Fsp3) is 0.391. The van der Waals surface area contributed by atoms with E-state index in [1.807, 2.05) is 32.3 Å². The molecule has 0 spiro atoms. The third kappa shape index (κ3) is 5.05. The summed E-state index contributed by atoms with van der Waals surface area (Å²) in [5.41, 5.74) is 1.25. The zero-order chi connectivity index (χ0) is 23.3. The summed E-state index contributed by atoms with van der Waals surface area (Å²) in [5, 5.41) is 0.630. The number of aromatic nitrogens is 1. The molecule has 9 heteroatoms. The fourth-order valence-corrected chi connectivity index (χ4v) is 4.34. The van der Waals surface area contributed by atoms with Crippen molar-refractivity contribution in [2.24, 2.45) is 0 Å². The van der Waals surface area contributed by atoms with Crippen LogP contribution in [0.4, 0.5) is 5.13 Å². The van der Waals surface area contributed by atoms with Crippen LogP contribution in [-0.2, 0) is 0 Å². The summed E-state index contributed by atoms with van der Waals surface area (Å²) in [6.07, 6.45) is 0.794. The monoisotopic (exact) mass is 459 g/mol. The van der Waals surface area contributed by atoms with Crippen molar-refractivity contribution in [3.63, 3.8) is 0 Å². The molecule has 0 fully saturated rings. The first-order valence-electron chi connectivity index (χ1n) is 10.1. The zero-order valence-corrected chi connectivity index (χ0v) is 20.1. The topological polar surface area (TPSA) is 73.4 Å². The number of fused-ring (bicyclic) bond motifs is 1. The Morgan fingerprint density at radius 3 is 2.19 bits per heavy atom. The molecule has 0 unspecified atom stereocenters. The van der Waals surface area contributed by atoms with E-state index >= 15 is 0 Å². The molecular weight excluding hydrogens is 430 g/mol. The van der Waals surface area contributed by atoms with Crippen molar-refractivity contribution in [3.05, 3.63) is 35.9 Å². The number of carbonyl (C=O) groups excluding carboxylic acids is 1. The number of thiazole rings is 1. The first-order chi connectivity index (χ1) is 15.4. The van der Waals surface area contributed by atoms with E-state index in [4.69, 9.17) is 23.9 Å². The quantitative estimate of drug-likeness (QED) is 0.455. The molecule has 0 aliphatic rings. The second-order valence-electron chi connectivity index (χ2n) is 7.36. The number of carbonyl (C=O) groups is 1. The maximum atomic E-state index is 13.7. The molecule has 3 aromatic rings. The van der Waals surface area contributed by atoms with Gasteiger partial charge < -0.3 is 23.8 Å². The molecule has 0 radical (unpaired) electrons. The van der Waals surface area contributed by atoms with Crippen molar-refractivity contribution in [2.45, 2.75) is 6.42 Å². The Balaban J connectivity index is 2.03. The summed E-state index contributed by atoms with van der Waals surface area (Å²) in [7, 11) is 10.2. The van der Waals surface area contributed by atoms with Crippen LogP contribution in [0.2, 0.25) is 0 Å². The maximum absolute atomic E-state index is 13.7. The van der Waals surface area contributed by atoms with Gasteiger partial charge in [-0.15, -0.1) is 0 Å². The Kier molecular flexibility index (Phi) is 7.76. The van der Waals surface area contributed by atoms with Crippen LogP contribution in [-0.4, -0.2) is 71.4 Å². The molecule has 0 aliphatic heterocycles. The molecule has 0 saturated carbocycles. The van der Waals surface area contributed by atoms with Gasteiger partial charge in [0.05, 0.1) is 38.7 Å². The molecule has 8 nitrogen and oxygen atoms in total. The molecule has 1 amide bonds. The fourth-order valence-electron chi connectivity index (χ4n) is 3.32. The average molecular weight is 460 g/mol. The molecular formula is C23H29N3O5S. The number of hydrogen-bond acceptors (Lipinski definition) is 8. The van der Waals surface area contributed by atoms with Gasteiger partial charge in [-0.3, -0.25) is 9.69 Å². The lowest BCUT2D eigenvalue weighted by Crippen LogP contribution is -2.33. The Hall–Kier alpha value is -3.04. The SMILES string of the molecule is COc1ccc2nc(N(CCCN(C)C)C(=O)c3cc(OC)c(OC)c(OC)c3)sc2c1. The minimum absolute atomic E-state index is 0.186. The molecule has 0 aliphatic carbocycles. The predicted molar refractivity (Wildman–Crippen MR) is 127 cm³/mol. The highest BCUT2D eigenvalue weighted by molar-refractivity contribution is 7.22. The van der Waals surface area contributed by atoms with Gasteiger partial charge in [0.1, 0.15) is 5.75 Å². The molecule has 0 bridgehead atoms. The van der Waals surface area contributed by atoms with Crippen molar-refractivity contribution in [2.75, 3.05) is 60.5 Å². The smallest absolute Gasteiger partial charge is 0.260 e. The minimum Gasteiger partial charge on any atom is -0.497 e. The van der Waals surface area contributed by atoms with Gasteiger partial charge in [0.25, 0.3) is 5.91 Å². The molecule has 0 atom stereocenters. The van der Waals surface area contributed by atoms with Crippen molar-refractivity contribution >= 4 is 32.6 Å². The molecule has 32 heavy (non-hydrogen) atoms. The van der Waals surface area contributed by atoms with Crippen LogP contribution in [0.25, 0.3) is 10.2 Å². The van der Waals surface area contributed by atoms with Crippen LogP contribution in [0.5, 0.6) is 23.0 Å². The first-order valence-corrected chi connectivity index (χ1v) is 10.9. The Bertz CT molecular complexity index is 1060. The van der Waals surface area contributed by atoms with E-state index < -0.39 is 0 Å². The summed E-state index contributed by atoms with van der Waals surface area (Å²) in [5.74, 6) is 1.87. The van der Waals surface area contributed by atoms with Crippen molar-refractivity contribution in [1.29, 1.82) is 0 Å². The van der Waals surface area contributed by atoms with Gasteiger partial charge in [-0.25, -0.2) is 4.98 Å². The van der Waals surface area contributed by atoms with Gasteiger partial charge in [-0.2, -0.15) is 0 Å². The molecule has 172 valence electrons. The maximum Gasteiger partial charge on any atom is 0.260 e. The second-order valence-corrected chi connectivity index (χ2v) is 8.37. The van der Waals surface area contributed by atoms with Crippen LogP contribution in [0.3, 0.4) is 0 Å². The number of rotatable bonds is 10. The van der Waals surface area contributed by atoms with E-state index in [1.165, 1.54) is 32.7 Å². The third-order valence-electron chi connectivity index (χ3n) is 4.96. The van der Waals surface area contributed by atoms with Crippen LogP contribution in [0.15, 0.2) is 30.3 Å². The van der Waals surface area contributed by atoms with E-state index in [0.29, 0.717) is 34.5 Å². The summed E-state index contributed by atoms with van der Waals surface area (Å²) >= 11 is 1.46. The summed E-state index contributed by atoms with van der Waals surface area (Å²) < 4.78 is 22.5. The molecule has 0 N–H and O–H groups in total. The molecule has 2 aromatic carbocycles. The lowest BCUT2D eigenvalue weighted by molar-refractivity contribution is 0.0985. The summed E-state index contributed by atoms with van der Waals surface area (Å²) in [4.78, 5) is 22.2. The van der Waals surface area contributed by atoms with Crippen LogP contribution >= 0.6 is 11.3 Å². The van der Waals surface area contributed by atoms with E-state index in [0.717, 1.165) is 28.9 Å². The van der Waals surface area contributed by atoms with E-state index in [9.17, 15) is 4.79 Å². The van der Waals surface area contributed by atoms with E-state index in [2.05, 4.69) is 4.90 Å². The lowest BCUT2D eigenvalue weighted by Gasteiger charge is -2.22. The highest BCUT2D eigenvalue weighted by Gasteiger charge is 2.24. The largest absolute Gasteiger partial charge is 0.497 e. The van der Waals surface area contributed by atoms with Crippen LogP contribution < -0.4 is 23.8 Å². The number of nitrogens with zero attached hydrogens (tertiary/aromatic N) is 3. The van der Waals surface area contributed by atoms with Crippen molar-refractivity contribution in [3.8, 4) is 23.0 Å². The minimum atomic E-state index is -0.186. The number of amides is 1. The van der Waals surface area contributed by atoms with Crippen molar-refractivity contribution in [1.82, 2.24) is 9.88 Å². The second kappa shape index (κ2) is 10.5. The third-order valence-corrected chi connectivity index (χ3v) is 6.00. The Labute approximate surface area is 192 Å². The number of methoxy groups -OCH3 is 4. The van der Waals surface area contributed by atoms with E-state index in [-0.39, 0.29) is 5.91 Å². The average Bonchev–Trinajstić information content (AvgIpc) is 3.22. The molecule has 1 aromatic heterocycles. The molecule has 0 saturated heterocycles. The van der Waals surface area contributed by atoms with Crippen LogP contribution in [0.1, 0.15) is 16.8 Å². The van der Waals surface area contributed by atoms with Gasteiger partial charge in [0.2, 0.25) is 5.75 Å². The highest BCUT2D eigenvalue weighted by atomic mass is 32.1. The Morgan fingerprint density at radius 2 is 1.62 bits per heavy atom. The number of ether oxygens (including phenoxy) is 4. The standard InChI is InChI=1S/C23H29N3O5S/c1-25(2)10-7-11-26(23-24-17-9-8-16(28-3)14-20(17)32-23)22(27)15-12-18(29-4)21(31-6)19(13-15)30-5/h8-9,12-14H,7,10-11H2,1-6H3. The van der Waals surface area contributed by atoms with E-state index in [1.54, 1.807) is 24.1 Å². The first kappa shape index (κ1) is 23.6. The van der Waals surface area contributed by atoms with Gasteiger partial charge in [0.15, 0.2) is 16.6 Å². The predicted octanol–water partition coefficient (Wildman–Crippen LogP) is 3.93. The number of anilines is 1. The Morgan fingerprint density at radius 1 is 0.938 bits per heavy atom. The van der Waals surface area contributed by atoms with Gasteiger partial charge in [0, 0.05) is 12.1 Å². The van der Waals surface area contributed by atoms with Crippen LogP contribution in [0, 0.1) is 0 Å². The van der Waals surface area contributed by atoms with Crippen molar-refractivity contribution < 1.29 is 23.7 Å². The van der Waals surface area contributed by atoms with Gasteiger partial charge in [-0.1, -0.05) is 11.3 Å². The molecule has 1 heterocycles. The number of benzene rings is 2. The van der Waals surface area contributed by atoms with Gasteiger partial charge in [-0.05, 0) is 57.4 Å². The van der Waals surface area contributed by atoms with Gasteiger partial charge >= 0.3 is 0 Å². The number of hydrogen-bond donors (Lipinski definition) is 0. The lowest BCUT2D eigenvalue weighted by atomic mass is 10.1. The summed E-state index contributed by atoms with van der Waals surface area (Å²) in [6, 6.07) is 9.02. The highest BCUT2D eigenvalue weighted by Crippen LogP contribution is 2.39.